The molecule has 0 saturated heterocycles. The lowest BCUT2D eigenvalue weighted by Gasteiger charge is -2.20. The van der Waals surface area contributed by atoms with Crippen molar-refractivity contribution in [1.82, 2.24) is 19.6 Å². The van der Waals surface area contributed by atoms with Gasteiger partial charge in [-0.05, 0) is 69.9 Å². The number of hydrogen-bond acceptors (Lipinski definition) is 4. The Bertz CT molecular complexity index is 1390. The summed E-state index contributed by atoms with van der Waals surface area (Å²) < 4.78 is 43.0. The smallest absolute Gasteiger partial charge is 0.418 e. The van der Waals surface area contributed by atoms with E-state index in [0.717, 1.165) is 43.1 Å². The van der Waals surface area contributed by atoms with Gasteiger partial charge in [0, 0.05) is 35.5 Å². The van der Waals surface area contributed by atoms with Gasteiger partial charge in [0.05, 0.1) is 23.3 Å². The molecule has 11 heteroatoms. The van der Waals surface area contributed by atoms with Gasteiger partial charge in [0.1, 0.15) is 0 Å². The van der Waals surface area contributed by atoms with Crippen LogP contribution in [0.25, 0.3) is 23.2 Å². The zero-order valence-corrected chi connectivity index (χ0v) is 20.1. The molecule has 0 bridgehead atoms. The molecule has 0 radical (unpaired) electrons. The van der Waals surface area contributed by atoms with Gasteiger partial charge in [-0.2, -0.15) is 4.40 Å². The van der Waals surface area contributed by atoms with Crippen molar-refractivity contribution in [3.8, 4) is 0 Å². The first-order valence-electron chi connectivity index (χ1n) is 11.6. The largest absolute Gasteiger partial charge is 0.673 e. The molecule has 0 saturated carbocycles. The number of rotatable bonds is 4. The quantitative estimate of drug-likeness (QED) is 0.229. The average Bonchev–Trinajstić information content (AvgIpc) is 3.36. The predicted octanol–water partition coefficient (Wildman–Crippen LogP) is 5.11. The van der Waals surface area contributed by atoms with Gasteiger partial charge < -0.3 is 22.2 Å². The van der Waals surface area contributed by atoms with Crippen molar-refractivity contribution in [2.75, 3.05) is 18.0 Å². The lowest BCUT2D eigenvalue weighted by atomic mass is 10.1. The average molecular weight is 486 g/mol. The third kappa shape index (κ3) is 5.28. The van der Waals surface area contributed by atoms with E-state index < -0.39 is 7.25 Å². The van der Waals surface area contributed by atoms with E-state index in [1.807, 2.05) is 23.7 Å². The Morgan fingerprint density at radius 2 is 1.71 bits per heavy atom. The maximum Gasteiger partial charge on any atom is 0.673 e. The summed E-state index contributed by atoms with van der Waals surface area (Å²) in [6, 6.07) is 10.9. The van der Waals surface area contributed by atoms with Crippen molar-refractivity contribution in [2.24, 2.45) is 0 Å². The third-order valence-electron chi connectivity index (χ3n) is 6.00. The predicted molar refractivity (Wildman–Crippen MR) is 130 cm³/mol. The monoisotopic (exact) mass is 486 g/mol. The van der Waals surface area contributed by atoms with Crippen LogP contribution in [0.15, 0.2) is 36.5 Å². The van der Waals surface area contributed by atoms with Gasteiger partial charge in [-0.15, -0.1) is 14.5 Å². The van der Waals surface area contributed by atoms with E-state index in [0.29, 0.717) is 5.78 Å². The molecule has 35 heavy (non-hydrogen) atoms. The molecule has 0 aliphatic heterocycles. The van der Waals surface area contributed by atoms with E-state index >= 15 is 0 Å². The van der Waals surface area contributed by atoms with Crippen LogP contribution >= 0.6 is 0 Å². The maximum absolute atomic E-state index is 9.75. The number of nitrogens with zero attached hydrogens (tertiary/aromatic N) is 6. The molecule has 184 valence electrons. The fourth-order valence-electron chi connectivity index (χ4n) is 4.51. The highest BCUT2D eigenvalue weighted by Crippen LogP contribution is 2.31. The molecule has 1 aliphatic rings. The van der Waals surface area contributed by atoms with Crippen LogP contribution in [0.2, 0.25) is 0 Å². The topological polar surface area (TPSA) is 50.4 Å². The summed E-state index contributed by atoms with van der Waals surface area (Å²) in [6.45, 7) is 10.5. The van der Waals surface area contributed by atoms with Gasteiger partial charge in [0.15, 0.2) is 0 Å². The van der Waals surface area contributed by atoms with Crippen molar-refractivity contribution in [3.05, 3.63) is 64.7 Å². The Kier molecular flexibility index (Phi) is 6.78. The van der Waals surface area contributed by atoms with Crippen LogP contribution in [0, 0.1) is 13.8 Å². The van der Waals surface area contributed by atoms with E-state index in [-0.39, 0.29) is 0 Å². The van der Waals surface area contributed by atoms with Crippen LogP contribution in [0.1, 0.15) is 48.5 Å². The fourth-order valence-corrected chi connectivity index (χ4v) is 4.51. The molecule has 0 fully saturated rings. The third-order valence-corrected chi connectivity index (χ3v) is 6.00. The molecule has 0 amide bonds. The second kappa shape index (κ2) is 9.63. The summed E-state index contributed by atoms with van der Waals surface area (Å²) in [5.41, 5.74) is 8.31. The summed E-state index contributed by atoms with van der Waals surface area (Å²) in [7, 11) is -6.00. The molecule has 1 aliphatic carbocycles. The highest BCUT2D eigenvalue weighted by Gasteiger charge is 2.28. The molecule has 5 rings (SSSR count). The SMILES string of the molecule is CCN(CC)c1ccc(/C=C2\CCc3cnc4nn5c(C)cc(C)nc5[n+]4c32)cc1.F[B-](F)(F)F. The molecular weight excluding hydrogens is 459 g/mol. The molecule has 0 unspecified atom stereocenters. The van der Waals surface area contributed by atoms with E-state index in [1.165, 1.54) is 28.1 Å². The van der Waals surface area contributed by atoms with Crippen LogP contribution in [0.5, 0.6) is 0 Å². The first-order chi connectivity index (χ1) is 16.6. The number of benzene rings is 1. The normalized spacial score (nSPS) is 14.3. The van der Waals surface area contributed by atoms with Crippen molar-refractivity contribution < 1.29 is 21.7 Å². The fraction of sp³-hybridized carbons (Fsp3) is 0.333. The molecule has 0 atom stereocenters. The van der Waals surface area contributed by atoms with E-state index in [1.54, 1.807) is 0 Å². The highest BCUT2D eigenvalue weighted by molar-refractivity contribution is 6.50. The molecule has 1 aromatic carbocycles. The lowest BCUT2D eigenvalue weighted by Crippen LogP contribution is -2.28. The molecule has 3 aromatic heterocycles. The van der Waals surface area contributed by atoms with Crippen LogP contribution in [-0.2, 0) is 6.42 Å². The first-order valence-corrected chi connectivity index (χ1v) is 11.6. The number of halogens is 4. The number of hydrogen-bond donors (Lipinski definition) is 0. The standard InChI is InChI=1S/C24H27N6.BF4/c1-5-28(6-2)21-11-7-18(8-12-21)14-19-9-10-20-15-25-23-27-30-17(4)13-16(3)26-24(30)29(23)22(19)20;2-1(3,4)5/h7-8,11-15H,5-6,9-10H2,1-4H3;/q+1;-1/b19-14+;. The van der Waals surface area contributed by atoms with Gasteiger partial charge in [-0.3, -0.25) is 0 Å². The number of aryl methyl sites for hydroxylation is 3. The van der Waals surface area contributed by atoms with Crippen molar-refractivity contribution in [1.29, 1.82) is 0 Å². The number of aromatic nitrogens is 5. The molecular formula is C24H27BF4N6. The van der Waals surface area contributed by atoms with Gasteiger partial charge in [-0.25, -0.2) is 0 Å². The molecule has 0 spiro atoms. The Hall–Kier alpha value is -3.50. The van der Waals surface area contributed by atoms with Crippen molar-refractivity contribution in [3.63, 3.8) is 0 Å². The second-order valence-corrected chi connectivity index (χ2v) is 8.45. The zero-order valence-electron chi connectivity index (χ0n) is 20.1. The minimum atomic E-state index is -6.00. The van der Waals surface area contributed by atoms with E-state index in [2.05, 4.69) is 65.4 Å². The summed E-state index contributed by atoms with van der Waals surface area (Å²) in [5.74, 6) is 1.52. The van der Waals surface area contributed by atoms with Gasteiger partial charge in [0.25, 0.3) is 0 Å². The summed E-state index contributed by atoms with van der Waals surface area (Å²) in [4.78, 5) is 11.8. The minimum Gasteiger partial charge on any atom is -0.418 e. The summed E-state index contributed by atoms with van der Waals surface area (Å²) in [5, 5.41) is 4.70. The van der Waals surface area contributed by atoms with Crippen molar-refractivity contribution in [2.45, 2.75) is 40.5 Å². The van der Waals surface area contributed by atoms with E-state index in [9.17, 15) is 17.3 Å². The Morgan fingerprint density at radius 3 is 2.34 bits per heavy atom. The first kappa shape index (κ1) is 24.6. The van der Waals surface area contributed by atoms with Gasteiger partial charge in [-0.1, -0.05) is 12.1 Å². The van der Waals surface area contributed by atoms with Crippen LogP contribution in [0.3, 0.4) is 0 Å². The number of allylic oxidation sites excluding steroid dienone is 1. The molecule has 0 N–H and O–H groups in total. The van der Waals surface area contributed by atoms with Crippen LogP contribution in [0.4, 0.5) is 23.0 Å². The van der Waals surface area contributed by atoms with Crippen molar-refractivity contribution >= 4 is 36.1 Å². The molecule has 4 aromatic rings. The van der Waals surface area contributed by atoms with Crippen LogP contribution < -0.4 is 9.30 Å². The highest BCUT2D eigenvalue weighted by atomic mass is 19.5. The Labute approximate surface area is 201 Å². The maximum atomic E-state index is 9.75. The molecule has 3 heterocycles. The Balaban J connectivity index is 0.000000527. The number of fused-ring (bicyclic) bond motifs is 5. The van der Waals surface area contributed by atoms with Gasteiger partial charge >= 0.3 is 18.8 Å². The lowest BCUT2D eigenvalue weighted by molar-refractivity contribution is -0.491. The summed E-state index contributed by atoms with van der Waals surface area (Å²) in [6.07, 6.45) is 6.28. The number of anilines is 1. The van der Waals surface area contributed by atoms with Gasteiger partial charge in [0.2, 0.25) is 0 Å². The summed E-state index contributed by atoms with van der Waals surface area (Å²) >= 11 is 0. The zero-order chi connectivity index (χ0) is 25.3. The van der Waals surface area contributed by atoms with Crippen LogP contribution in [-0.4, -0.2) is 39.9 Å². The van der Waals surface area contributed by atoms with E-state index in [4.69, 9.17) is 10.1 Å². The second-order valence-electron chi connectivity index (χ2n) is 8.45. The minimum absolute atomic E-state index is 0.694. The molecule has 6 nitrogen and oxygen atoms in total. The Morgan fingerprint density at radius 1 is 1.06 bits per heavy atom.